The number of furan rings is 1. The van der Waals surface area contributed by atoms with Gasteiger partial charge in [0.15, 0.2) is 5.79 Å². The lowest BCUT2D eigenvalue weighted by atomic mass is 9.81. The zero-order valence-corrected chi connectivity index (χ0v) is 12.5. The number of aliphatic hydroxyl groups is 1. The Labute approximate surface area is 128 Å². The van der Waals surface area contributed by atoms with Crippen molar-refractivity contribution >= 4 is 12.0 Å². The van der Waals surface area contributed by atoms with Crippen LogP contribution in [0.25, 0.3) is 6.08 Å². The quantitative estimate of drug-likeness (QED) is 0.862. The van der Waals surface area contributed by atoms with E-state index in [1.807, 2.05) is 0 Å². The van der Waals surface area contributed by atoms with E-state index >= 15 is 0 Å². The molecule has 0 aromatic carbocycles. The van der Waals surface area contributed by atoms with Crippen LogP contribution in [0.4, 0.5) is 0 Å². The average molecular weight is 308 g/mol. The third kappa shape index (κ3) is 3.09. The Hall–Kier alpha value is -1.63. The minimum atomic E-state index is -0.904. The lowest BCUT2D eigenvalue weighted by molar-refractivity contribution is -0.196. The van der Waals surface area contributed by atoms with Crippen molar-refractivity contribution in [3.05, 3.63) is 29.7 Å². The molecular formula is C16H20O6. The summed E-state index contributed by atoms with van der Waals surface area (Å²) in [5.41, 5.74) is -0.904. The van der Waals surface area contributed by atoms with Gasteiger partial charge in [0.05, 0.1) is 25.9 Å². The number of carbonyl (C=O) groups is 1. The van der Waals surface area contributed by atoms with Gasteiger partial charge in [-0.25, -0.2) is 4.79 Å². The molecule has 2 heterocycles. The molecule has 3 rings (SSSR count). The molecule has 1 spiro atoms. The summed E-state index contributed by atoms with van der Waals surface area (Å²) in [6, 6.07) is 3.21. The van der Waals surface area contributed by atoms with Crippen LogP contribution in [-0.2, 0) is 14.2 Å². The second-order valence-corrected chi connectivity index (χ2v) is 5.74. The molecule has 120 valence electrons. The Kier molecular flexibility index (Phi) is 4.08. The van der Waals surface area contributed by atoms with Crippen LogP contribution >= 0.6 is 0 Å². The maximum Gasteiger partial charge on any atom is 0.373 e. The van der Waals surface area contributed by atoms with Crippen molar-refractivity contribution in [2.45, 2.75) is 37.1 Å². The van der Waals surface area contributed by atoms with Gasteiger partial charge in [0.1, 0.15) is 5.76 Å². The van der Waals surface area contributed by atoms with Gasteiger partial charge in [0.25, 0.3) is 0 Å². The van der Waals surface area contributed by atoms with E-state index in [9.17, 15) is 9.90 Å². The Morgan fingerprint density at radius 3 is 2.55 bits per heavy atom. The minimum absolute atomic E-state index is 0.143. The van der Waals surface area contributed by atoms with Gasteiger partial charge in [-0.05, 0) is 37.1 Å². The molecule has 0 atom stereocenters. The number of hydrogen-bond donors (Lipinski definition) is 1. The number of methoxy groups -OCH3 is 1. The summed E-state index contributed by atoms with van der Waals surface area (Å²) in [6.45, 7) is 1.24. The van der Waals surface area contributed by atoms with Gasteiger partial charge in [0, 0.05) is 12.8 Å². The SMILES string of the molecule is COC(=O)c1ccc(/C=C/C2(O)CCC3(CC2)OCCO3)o1. The molecule has 1 saturated carbocycles. The average Bonchev–Trinajstić information content (AvgIpc) is 3.18. The maximum atomic E-state index is 11.3. The monoisotopic (exact) mass is 308 g/mol. The Bertz CT molecular complexity index is 557. The molecule has 1 saturated heterocycles. The fourth-order valence-corrected chi connectivity index (χ4v) is 2.91. The van der Waals surface area contributed by atoms with Crippen molar-refractivity contribution in [2.24, 2.45) is 0 Å². The summed E-state index contributed by atoms with van der Waals surface area (Å²) >= 11 is 0. The summed E-state index contributed by atoms with van der Waals surface area (Å²) in [6.07, 6.45) is 5.86. The van der Waals surface area contributed by atoms with Gasteiger partial charge >= 0.3 is 5.97 Å². The molecule has 1 aliphatic carbocycles. The molecule has 1 aromatic heterocycles. The molecular weight excluding hydrogens is 288 g/mol. The van der Waals surface area contributed by atoms with Gasteiger partial charge in [-0.3, -0.25) is 0 Å². The molecule has 2 aliphatic rings. The zero-order chi connectivity index (χ0) is 15.6. The van der Waals surface area contributed by atoms with Crippen molar-refractivity contribution in [2.75, 3.05) is 20.3 Å². The first-order chi connectivity index (χ1) is 10.5. The van der Waals surface area contributed by atoms with Crippen LogP contribution < -0.4 is 0 Å². The molecule has 6 nitrogen and oxygen atoms in total. The summed E-state index contributed by atoms with van der Waals surface area (Å²) < 4.78 is 21.2. The maximum absolute atomic E-state index is 11.3. The molecule has 22 heavy (non-hydrogen) atoms. The van der Waals surface area contributed by atoms with Crippen molar-refractivity contribution < 1.29 is 28.5 Å². The molecule has 1 N–H and O–H groups in total. The summed E-state index contributed by atoms with van der Waals surface area (Å²) in [4.78, 5) is 11.3. The van der Waals surface area contributed by atoms with Crippen molar-refractivity contribution in [1.82, 2.24) is 0 Å². The van der Waals surface area contributed by atoms with E-state index in [0.29, 0.717) is 44.7 Å². The molecule has 0 radical (unpaired) electrons. The van der Waals surface area contributed by atoms with Crippen molar-refractivity contribution in [3.63, 3.8) is 0 Å². The number of carbonyl (C=O) groups excluding carboxylic acids is 1. The highest BCUT2D eigenvalue weighted by Crippen LogP contribution is 2.41. The predicted octanol–water partition coefficient (Wildman–Crippen LogP) is 2.13. The highest BCUT2D eigenvalue weighted by molar-refractivity contribution is 5.86. The van der Waals surface area contributed by atoms with E-state index < -0.39 is 17.4 Å². The largest absolute Gasteiger partial charge is 0.463 e. The van der Waals surface area contributed by atoms with Crippen molar-refractivity contribution in [3.8, 4) is 0 Å². The Morgan fingerprint density at radius 2 is 1.91 bits per heavy atom. The van der Waals surface area contributed by atoms with Gasteiger partial charge in [-0.15, -0.1) is 0 Å². The Morgan fingerprint density at radius 1 is 1.23 bits per heavy atom. The predicted molar refractivity (Wildman–Crippen MR) is 77.1 cm³/mol. The van der Waals surface area contributed by atoms with E-state index in [1.165, 1.54) is 7.11 Å². The van der Waals surface area contributed by atoms with E-state index in [1.54, 1.807) is 24.3 Å². The van der Waals surface area contributed by atoms with Crippen LogP contribution in [0.3, 0.4) is 0 Å². The van der Waals surface area contributed by atoms with Crippen LogP contribution in [0.15, 0.2) is 22.6 Å². The van der Waals surface area contributed by atoms with Crippen LogP contribution in [0.5, 0.6) is 0 Å². The summed E-state index contributed by atoms with van der Waals surface area (Å²) in [7, 11) is 1.30. The van der Waals surface area contributed by atoms with Gasteiger partial charge in [0.2, 0.25) is 5.76 Å². The normalized spacial score (nSPS) is 23.2. The zero-order valence-electron chi connectivity index (χ0n) is 12.5. The number of esters is 1. The molecule has 6 heteroatoms. The molecule has 2 fully saturated rings. The highest BCUT2D eigenvalue weighted by Gasteiger charge is 2.44. The van der Waals surface area contributed by atoms with E-state index in [0.717, 1.165) is 0 Å². The molecule has 0 unspecified atom stereocenters. The first kappa shape index (κ1) is 15.3. The second kappa shape index (κ2) is 5.87. The molecule has 0 amide bonds. The third-order valence-corrected chi connectivity index (χ3v) is 4.26. The fraction of sp³-hybridized carbons (Fsp3) is 0.562. The second-order valence-electron chi connectivity index (χ2n) is 5.74. The smallest absolute Gasteiger partial charge is 0.373 e. The van der Waals surface area contributed by atoms with Crippen LogP contribution in [0.2, 0.25) is 0 Å². The van der Waals surface area contributed by atoms with Crippen LogP contribution in [0.1, 0.15) is 42.0 Å². The highest BCUT2D eigenvalue weighted by atomic mass is 16.7. The topological polar surface area (TPSA) is 78.1 Å². The fourth-order valence-electron chi connectivity index (χ4n) is 2.91. The standard InChI is InChI=1S/C16H20O6/c1-19-14(17)13-3-2-12(22-13)4-5-15(18)6-8-16(9-7-15)20-10-11-21-16/h2-5,18H,6-11H2,1H3/b5-4+. The van der Waals surface area contributed by atoms with Gasteiger partial charge < -0.3 is 23.7 Å². The van der Waals surface area contributed by atoms with Crippen LogP contribution in [0, 0.1) is 0 Å². The summed E-state index contributed by atoms with van der Waals surface area (Å²) in [5.74, 6) is -0.372. The minimum Gasteiger partial charge on any atom is -0.463 e. The first-order valence-electron chi connectivity index (χ1n) is 7.42. The van der Waals surface area contributed by atoms with Gasteiger partial charge in [-0.1, -0.05) is 0 Å². The first-order valence-corrected chi connectivity index (χ1v) is 7.42. The van der Waals surface area contributed by atoms with Crippen molar-refractivity contribution in [1.29, 1.82) is 0 Å². The van der Waals surface area contributed by atoms with Crippen LogP contribution in [-0.4, -0.2) is 42.8 Å². The van der Waals surface area contributed by atoms with E-state index in [2.05, 4.69) is 4.74 Å². The third-order valence-electron chi connectivity index (χ3n) is 4.26. The number of ether oxygens (including phenoxy) is 3. The van der Waals surface area contributed by atoms with E-state index in [-0.39, 0.29) is 5.76 Å². The summed E-state index contributed by atoms with van der Waals surface area (Å²) in [5, 5.41) is 10.6. The lowest BCUT2D eigenvalue weighted by Crippen LogP contribution is -2.42. The molecule has 1 aromatic rings. The molecule has 1 aliphatic heterocycles. The molecule has 0 bridgehead atoms. The number of hydrogen-bond acceptors (Lipinski definition) is 6. The van der Waals surface area contributed by atoms with Gasteiger partial charge in [-0.2, -0.15) is 0 Å². The lowest BCUT2D eigenvalue weighted by Gasteiger charge is -2.39. The number of rotatable bonds is 3. The van der Waals surface area contributed by atoms with E-state index in [4.69, 9.17) is 13.9 Å². The Balaban J connectivity index is 1.62.